The molecule has 1 aliphatic heterocycles. The fourth-order valence-corrected chi connectivity index (χ4v) is 5.85. The van der Waals surface area contributed by atoms with E-state index in [4.69, 9.17) is 5.11 Å². The first-order chi connectivity index (χ1) is 22.3. The summed E-state index contributed by atoms with van der Waals surface area (Å²) < 4.78 is 0. The monoisotopic (exact) mass is 620 g/mol. The zero-order valence-electron chi connectivity index (χ0n) is 25.5. The molecule has 1 heterocycles. The molecular formula is C36H36N4O6. The number of nitrogens with zero attached hydrogens (tertiary/aromatic N) is 2. The Morgan fingerprint density at radius 3 is 2.30 bits per heavy atom. The zero-order chi connectivity index (χ0) is 32.2. The van der Waals surface area contributed by atoms with Crippen molar-refractivity contribution in [1.82, 2.24) is 10.2 Å². The lowest BCUT2D eigenvalue weighted by Gasteiger charge is -2.24. The van der Waals surface area contributed by atoms with Gasteiger partial charge >= 0.3 is 12.0 Å². The molecule has 3 aliphatic rings. The van der Waals surface area contributed by atoms with Gasteiger partial charge in [0.1, 0.15) is 0 Å². The van der Waals surface area contributed by atoms with E-state index in [1.807, 2.05) is 24.3 Å². The molecule has 2 aliphatic carbocycles. The molecule has 10 nitrogen and oxygen atoms in total. The Labute approximate surface area is 267 Å². The second-order valence-electron chi connectivity index (χ2n) is 12.1. The number of benzene rings is 3. The Kier molecular flexibility index (Phi) is 8.96. The number of amides is 5. The lowest BCUT2D eigenvalue weighted by Crippen LogP contribution is -2.34. The predicted molar refractivity (Wildman–Crippen MR) is 174 cm³/mol. The highest BCUT2D eigenvalue weighted by Crippen LogP contribution is 2.34. The number of imide groups is 1. The van der Waals surface area contributed by atoms with E-state index in [0.717, 1.165) is 43.2 Å². The van der Waals surface area contributed by atoms with E-state index >= 15 is 0 Å². The molecule has 6 rings (SSSR count). The average molecular weight is 621 g/mol. The minimum absolute atomic E-state index is 0.0256. The quantitative estimate of drug-likeness (QED) is 0.222. The Morgan fingerprint density at radius 2 is 1.63 bits per heavy atom. The van der Waals surface area contributed by atoms with Gasteiger partial charge in [-0.15, -0.1) is 0 Å². The van der Waals surface area contributed by atoms with E-state index in [1.165, 1.54) is 16.9 Å². The SMILES string of the molecule is O=C(O)CCNC(=O)c1ccc(CN(C(=O)Nc2ccc3c(c2)C(=O)N(CC2CC2)C3=O)c2ccc(C3=CCCCC3)cc2)cc1. The molecule has 0 atom stereocenters. The van der Waals surface area contributed by atoms with Gasteiger partial charge in [-0.25, -0.2) is 4.79 Å². The van der Waals surface area contributed by atoms with Crippen LogP contribution in [0.1, 0.15) is 87.1 Å². The van der Waals surface area contributed by atoms with Crippen molar-refractivity contribution in [3.05, 3.63) is 101 Å². The number of urea groups is 1. The third-order valence-corrected chi connectivity index (χ3v) is 8.63. The molecule has 0 spiro atoms. The second-order valence-corrected chi connectivity index (χ2v) is 12.1. The van der Waals surface area contributed by atoms with Crippen molar-refractivity contribution >= 4 is 46.7 Å². The molecule has 1 fully saturated rings. The molecular weight excluding hydrogens is 584 g/mol. The van der Waals surface area contributed by atoms with Gasteiger partial charge in [0.25, 0.3) is 17.7 Å². The third kappa shape index (κ3) is 7.01. The van der Waals surface area contributed by atoms with Crippen molar-refractivity contribution in [2.45, 2.75) is 51.5 Å². The average Bonchev–Trinajstić information content (AvgIpc) is 3.87. The summed E-state index contributed by atoms with van der Waals surface area (Å²) in [6, 6.07) is 19.0. The van der Waals surface area contributed by atoms with Crippen molar-refractivity contribution in [3.8, 4) is 0 Å². The van der Waals surface area contributed by atoms with Gasteiger partial charge in [0, 0.05) is 30.0 Å². The summed E-state index contributed by atoms with van der Waals surface area (Å²) >= 11 is 0. The van der Waals surface area contributed by atoms with Gasteiger partial charge in [-0.05, 0) is 104 Å². The number of rotatable bonds is 11. The highest BCUT2D eigenvalue weighted by Gasteiger charge is 2.39. The summed E-state index contributed by atoms with van der Waals surface area (Å²) in [5.41, 5.74) is 5.28. The largest absolute Gasteiger partial charge is 0.481 e. The van der Waals surface area contributed by atoms with Crippen molar-refractivity contribution in [3.63, 3.8) is 0 Å². The Bertz CT molecular complexity index is 1710. The molecule has 3 aromatic rings. The van der Waals surface area contributed by atoms with Crippen LogP contribution in [0.25, 0.3) is 5.57 Å². The van der Waals surface area contributed by atoms with Gasteiger partial charge in [0.15, 0.2) is 0 Å². The van der Waals surface area contributed by atoms with Crippen LogP contribution < -0.4 is 15.5 Å². The van der Waals surface area contributed by atoms with E-state index in [0.29, 0.717) is 35.0 Å². The van der Waals surface area contributed by atoms with Gasteiger partial charge in [-0.1, -0.05) is 30.3 Å². The molecule has 0 saturated heterocycles. The molecule has 3 N–H and O–H groups in total. The molecule has 0 unspecified atom stereocenters. The molecule has 1 saturated carbocycles. The molecule has 0 aromatic heterocycles. The van der Waals surface area contributed by atoms with Crippen LogP contribution in [-0.2, 0) is 11.3 Å². The number of allylic oxidation sites excluding steroid dienone is 2. The van der Waals surface area contributed by atoms with E-state index in [-0.39, 0.29) is 42.8 Å². The molecule has 3 aromatic carbocycles. The smallest absolute Gasteiger partial charge is 0.326 e. The first-order valence-corrected chi connectivity index (χ1v) is 15.7. The van der Waals surface area contributed by atoms with Crippen LogP contribution >= 0.6 is 0 Å². The summed E-state index contributed by atoms with van der Waals surface area (Å²) in [5, 5.41) is 14.3. The minimum atomic E-state index is -0.993. The number of carboxylic acids is 1. The molecule has 5 amide bonds. The summed E-state index contributed by atoms with van der Waals surface area (Å²) in [6.07, 6.45) is 8.58. The molecule has 236 valence electrons. The summed E-state index contributed by atoms with van der Waals surface area (Å²) in [5.74, 6) is -1.63. The summed E-state index contributed by atoms with van der Waals surface area (Å²) in [7, 11) is 0. The van der Waals surface area contributed by atoms with Gasteiger partial charge in [-0.2, -0.15) is 0 Å². The fourth-order valence-electron chi connectivity index (χ4n) is 5.85. The topological polar surface area (TPSA) is 136 Å². The minimum Gasteiger partial charge on any atom is -0.481 e. The number of carbonyl (C=O) groups is 5. The number of carbonyl (C=O) groups excluding carboxylic acids is 4. The maximum atomic E-state index is 13.8. The number of hydrogen-bond acceptors (Lipinski definition) is 5. The van der Waals surface area contributed by atoms with Crippen molar-refractivity contribution < 1.29 is 29.1 Å². The molecule has 10 heteroatoms. The van der Waals surface area contributed by atoms with E-state index in [1.54, 1.807) is 47.4 Å². The number of hydrogen-bond donors (Lipinski definition) is 3. The lowest BCUT2D eigenvalue weighted by molar-refractivity contribution is -0.136. The van der Waals surface area contributed by atoms with Crippen LogP contribution in [0.5, 0.6) is 0 Å². The van der Waals surface area contributed by atoms with Crippen LogP contribution in [0.15, 0.2) is 72.8 Å². The van der Waals surface area contributed by atoms with Crippen molar-refractivity contribution in [2.75, 3.05) is 23.3 Å². The summed E-state index contributed by atoms with van der Waals surface area (Å²) in [4.78, 5) is 65.8. The number of fused-ring (bicyclic) bond motifs is 1. The normalized spacial score (nSPS) is 15.7. The molecule has 46 heavy (non-hydrogen) atoms. The van der Waals surface area contributed by atoms with Crippen LogP contribution in [-0.4, -0.2) is 52.8 Å². The Balaban J connectivity index is 1.21. The van der Waals surface area contributed by atoms with Crippen molar-refractivity contribution in [2.24, 2.45) is 5.92 Å². The number of anilines is 2. The van der Waals surface area contributed by atoms with Crippen molar-refractivity contribution in [1.29, 1.82) is 0 Å². The Hall–Kier alpha value is -5.25. The molecule has 0 bridgehead atoms. The third-order valence-electron chi connectivity index (χ3n) is 8.63. The number of aliphatic carboxylic acids is 1. The predicted octanol–water partition coefficient (Wildman–Crippen LogP) is 6.09. The van der Waals surface area contributed by atoms with Crippen LogP contribution in [0.4, 0.5) is 16.2 Å². The first kappa shape index (κ1) is 30.8. The van der Waals surface area contributed by atoms with Gasteiger partial charge < -0.3 is 15.7 Å². The van der Waals surface area contributed by atoms with Crippen LogP contribution in [0.2, 0.25) is 0 Å². The zero-order valence-corrected chi connectivity index (χ0v) is 25.5. The number of carboxylic acid groups (broad SMARTS) is 1. The highest BCUT2D eigenvalue weighted by molar-refractivity contribution is 6.22. The van der Waals surface area contributed by atoms with Gasteiger partial charge in [-0.3, -0.25) is 29.0 Å². The van der Waals surface area contributed by atoms with E-state index in [2.05, 4.69) is 16.7 Å². The Morgan fingerprint density at radius 1 is 0.891 bits per heavy atom. The fraction of sp³-hybridized carbons (Fsp3) is 0.306. The molecule has 0 radical (unpaired) electrons. The summed E-state index contributed by atoms with van der Waals surface area (Å²) in [6.45, 7) is 0.640. The van der Waals surface area contributed by atoms with Gasteiger partial charge in [0.2, 0.25) is 0 Å². The van der Waals surface area contributed by atoms with Gasteiger partial charge in [0.05, 0.1) is 24.1 Å². The van der Waals surface area contributed by atoms with Crippen LogP contribution in [0.3, 0.4) is 0 Å². The lowest BCUT2D eigenvalue weighted by atomic mass is 9.93. The van der Waals surface area contributed by atoms with E-state index < -0.39 is 12.0 Å². The van der Waals surface area contributed by atoms with Crippen LogP contribution in [0, 0.1) is 5.92 Å². The van der Waals surface area contributed by atoms with E-state index in [9.17, 15) is 24.0 Å². The maximum Gasteiger partial charge on any atom is 0.326 e. The highest BCUT2D eigenvalue weighted by atomic mass is 16.4. The second kappa shape index (κ2) is 13.4. The first-order valence-electron chi connectivity index (χ1n) is 15.7. The maximum absolute atomic E-state index is 13.8. The standard InChI is InChI=1S/C36H36N4O6/c41-32(42)18-19-37-33(43)27-10-8-24(9-11-27)21-39(29-15-12-26(13-16-29)25-4-2-1-3-5-25)36(46)38-28-14-17-30-31(20-28)35(45)40(34(30)44)22-23-6-7-23/h4,8-17,20,23H,1-3,5-7,18-19,21-22H2,(H,37,43)(H,38,46)(H,41,42). The number of nitrogens with one attached hydrogen (secondary N) is 2.